The van der Waals surface area contributed by atoms with Crippen LogP contribution in [0.2, 0.25) is 0 Å². The highest BCUT2D eigenvalue weighted by atomic mass is 16.6. The molecule has 0 spiro atoms. The summed E-state index contributed by atoms with van der Waals surface area (Å²) in [4.78, 5) is 11.3. The van der Waals surface area contributed by atoms with E-state index in [1.165, 1.54) is 0 Å². The molecule has 6 heteroatoms. The van der Waals surface area contributed by atoms with E-state index in [4.69, 9.17) is 9.84 Å². The Morgan fingerprint density at radius 2 is 1.84 bits per heavy atom. The molecule has 19 heavy (non-hydrogen) atoms. The van der Waals surface area contributed by atoms with Crippen LogP contribution in [0.5, 0.6) is 0 Å². The van der Waals surface area contributed by atoms with Crippen molar-refractivity contribution in [3.8, 4) is 0 Å². The summed E-state index contributed by atoms with van der Waals surface area (Å²) in [5.74, 6) is -2.83. The molecule has 102 valence electrons. The number of carbonyl (C=O) groups is 1. The number of rotatable bonds is 4. The standard InChI is InChI=1S/C13H14O6/c14-7-9(15)13(6-8-4-2-1-3-5-8)11(17)10(16)12(18)19-13/h1-5,9,14-17H,6-7H2/t9-,13+/m0/s1. The molecule has 1 aromatic rings. The minimum absolute atomic E-state index is 0.0583. The molecule has 1 aromatic carbocycles. The Hall–Kier alpha value is -2.05. The summed E-state index contributed by atoms with van der Waals surface area (Å²) in [6.07, 6.45) is -1.60. The Morgan fingerprint density at radius 3 is 2.32 bits per heavy atom. The van der Waals surface area contributed by atoms with Gasteiger partial charge < -0.3 is 25.2 Å². The Bertz CT molecular complexity index is 509. The monoisotopic (exact) mass is 266 g/mol. The van der Waals surface area contributed by atoms with Crippen molar-refractivity contribution in [3.63, 3.8) is 0 Å². The quantitative estimate of drug-likeness (QED) is 0.580. The third-order valence-corrected chi connectivity index (χ3v) is 3.11. The highest BCUT2D eigenvalue weighted by Gasteiger charge is 2.53. The minimum Gasteiger partial charge on any atom is -0.505 e. The summed E-state index contributed by atoms with van der Waals surface area (Å²) in [5.41, 5.74) is -1.18. The van der Waals surface area contributed by atoms with Gasteiger partial charge in [0.2, 0.25) is 11.4 Å². The highest BCUT2D eigenvalue weighted by Crippen LogP contribution is 2.36. The molecule has 1 heterocycles. The number of hydrogen-bond acceptors (Lipinski definition) is 6. The maximum atomic E-state index is 11.3. The number of benzene rings is 1. The zero-order valence-corrected chi connectivity index (χ0v) is 9.98. The molecular weight excluding hydrogens is 252 g/mol. The van der Waals surface area contributed by atoms with Crippen molar-refractivity contribution in [3.05, 3.63) is 47.4 Å². The third kappa shape index (κ3) is 2.16. The van der Waals surface area contributed by atoms with Crippen LogP contribution in [-0.4, -0.2) is 44.7 Å². The van der Waals surface area contributed by atoms with Crippen molar-refractivity contribution < 1.29 is 30.0 Å². The molecule has 2 rings (SSSR count). The first-order valence-electron chi connectivity index (χ1n) is 5.70. The Balaban J connectivity index is 2.41. The largest absolute Gasteiger partial charge is 0.505 e. The van der Waals surface area contributed by atoms with E-state index < -0.39 is 35.8 Å². The van der Waals surface area contributed by atoms with Crippen LogP contribution in [-0.2, 0) is 16.0 Å². The lowest BCUT2D eigenvalue weighted by Gasteiger charge is -2.31. The maximum absolute atomic E-state index is 11.3. The summed E-state index contributed by atoms with van der Waals surface area (Å²) in [7, 11) is 0. The number of esters is 1. The van der Waals surface area contributed by atoms with Gasteiger partial charge in [-0.1, -0.05) is 30.3 Å². The number of aliphatic hydroxyl groups excluding tert-OH is 4. The molecule has 0 aromatic heterocycles. The van der Waals surface area contributed by atoms with Gasteiger partial charge in [0.05, 0.1) is 6.61 Å². The maximum Gasteiger partial charge on any atom is 0.378 e. The van der Waals surface area contributed by atoms with Crippen molar-refractivity contribution in [2.45, 2.75) is 18.1 Å². The van der Waals surface area contributed by atoms with Crippen LogP contribution in [0.4, 0.5) is 0 Å². The zero-order valence-electron chi connectivity index (χ0n) is 9.98. The van der Waals surface area contributed by atoms with Crippen molar-refractivity contribution in [1.29, 1.82) is 0 Å². The highest BCUT2D eigenvalue weighted by molar-refractivity contribution is 5.90. The van der Waals surface area contributed by atoms with Gasteiger partial charge in [0.1, 0.15) is 6.10 Å². The van der Waals surface area contributed by atoms with Gasteiger partial charge in [0, 0.05) is 6.42 Å². The Labute approximate surface area is 109 Å². The molecule has 0 aliphatic carbocycles. The van der Waals surface area contributed by atoms with Gasteiger partial charge in [0.15, 0.2) is 5.76 Å². The Morgan fingerprint density at radius 1 is 1.21 bits per heavy atom. The average molecular weight is 266 g/mol. The number of ether oxygens (including phenoxy) is 1. The average Bonchev–Trinajstić information content (AvgIpc) is 2.64. The summed E-state index contributed by atoms with van der Waals surface area (Å²) >= 11 is 0. The van der Waals surface area contributed by atoms with E-state index in [0.29, 0.717) is 5.56 Å². The molecule has 6 nitrogen and oxygen atoms in total. The summed E-state index contributed by atoms with van der Waals surface area (Å²) in [6.45, 7) is -0.725. The SMILES string of the molecule is O=C1O[C@](Cc2ccccc2)([C@@H](O)CO)C(O)=C1O. The topological polar surface area (TPSA) is 107 Å². The molecule has 0 fully saturated rings. The molecule has 0 amide bonds. The van der Waals surface area contributed by atoms with Gasteiger partial charge in [-0.3, -0.25) is 0 Å². The molecular formula is C13H14O6. The van der Waals surface area contributed by atoms with Gasteiger partial charge in [-0.2, -0.15) is 0 Å². The fourth-order valence-electron chi connectivity index (χ4n) is 2.07. The Kier molecular flexibility index (Phi) is 3.46. The first-order valence-corrected chi connectivity index (χ1v) is 5.70. The normalized spacial score (nSPS) is 24.4. The van der Waals surface area contributed by atoms with Gasteiger partial charge in [-0.25, -0.2) is 4.79 Å². The second-order valence-corrected chi connectivity index (χ2v) is 4.34. The molecule has 2 atom stereocenters. The number of hydrogen-bond donors (Lipinski definition) is 4. The first kappa shape index (κ1) is 13.4. The minimum atomic E-state index is -1.85. The molecule has 0 unspecified atom stereocenters. The number of aliphatic hydroxyl groups is 4. The van der Waals surface area contributed by atoms with E-state index in [1.54, 1.807) is 30.3 Å². The number of carbonyl (C=O) groups excluding carboxylic acids is 1. The van der Waals surface area contributed by atoms with Crippen LogP contribution >= 0.6 is 0 Å². The van der Waals surface area contributed by atoms with Crippen molar-refractivity contribution >= 4 is 5.97 Å². The van der Waals surface area contributed by atoms with Crippen molar-refractivity contribution in [2.75, 3.05) is 6.61 Å². The van der Waals surface area contributed by atoms with E-state index in [0.717, 1.165) is 0 Å². The van der Waals surface area contributed by atoms with E-state index in [1.807, 2.05) is 0 Å². The van der Waals surface area contributed by atoms with Crippen LogP contribution in [0.25, 0.3) is 0 Å². The lowest BCUT2D eigenvalue weighted by atomic mass is 9.87. The fraction of sp³-hybridized carbons (Fsp3) is 0.308. The predicted octanol–water partition coefficient (Wildman–Crippen LogP) is 0.206. The van der Waals surface area contributed by atoms with Gasteiger partial charge in [0.25, 0.3) is 0 Å². The van der Waals surface area contributed by atoms with E-state index >= 15 is 0 Å². The van der Waals surface area contributed by atoms with Gasteiger partial charge >= 0.3 is 5.97 Å². The van der Waals surface area contributed by atoms with Crippen molar-refractivity contribution in [1.82, 2.24) is 0 Å². The van der Waals surface area contributed by atoms with E-state index in [9.17, 15) is 20.1 Å². The third-order valence-electron chi connectivity index (χ3n) is 3.11. The molecule has 0 bridgehead atoms. The van der Waals surface area contributed by atoms with Crippen LogP contribution in [0.3, 0.4) is 0 Å². The van der Waals surface area contributed by atoms with Crippen LogP contribution in [0, 0.1) is 0 Å². The summed E-state index contributed by atoms with van der Waals surface area (Å²) < 4.78 is 4.91. The summed E-state index contributed by atoms with van der Waals surface area (Å²) in [6, 6.07) is 8.69. The molecule has 4 N–H and O–H groups in total. The van der Waals surface area contributed by atoms with Gasteiger partial charge in [-0.05, 0) is 5.56 Å². The second kappa shape index (κ2) is 4.91. The second-order valence-electron chi connectivity index (χ2n) is 4.34. The van der Waals surface area contributed by atoms with Gasteiger partial charge in [-0.15, -0.1) is 0 Å². The first-order chi connectivity index (χ1) is 9.01. The number of cyclic esters (lactones) is 1. The smallest absolute Gasteiger partial charge is 0.378 e. The van der Waals surface area contributed by atoms with Crippen LogP contribution in [0.1, 0.15) is 5.56 Å². The van der Waals surface area contributed by atoms with E-state index in [-0.39, 0.29) is 6.42 Å². The predicted molar refractivity (Wildman–Crippen MR) is 64.3 cm³/mol. The molecule has 1 aliphatic rings. The lowest BCUT2D eigenvalue weighted by molar-refractivity contribution is -0.163. The summed E-state index contributed by atoms with van der Waals surface area (Å²) in [5, 5.41) is 38.2. The fourth-order valence-corrected chi connectivity index (χ4v) is 2.07. The molecule has 0 saturated carbocycles. The zero-order chi connectivity index (χ0) is 14.0. The van der Waals surface area contributed by atoms with E-state index in [2.05, 4.69) is 0 Å². The van der Waals surface area contributed by atoms with Crippen molar-refractivity contribution in [2.24, 2.45) is 0 Å². The molecule has 0 saturated heterocycles. The molecule has 1 aliphatic heterocycles. The van der Waals surface area contributed by atoms with Crippen LogP contribution < -0.4 is 0 Å². The molecule has 0 radical (unpaired) electrons. The van der Waals surface area contributed by atoms with Crippen LogP contribution in [0.15, 0.2) is 41.9 Å². The lowest BCUT2D eigenvalue weighted by Crippen LogP contribution is -2.48.